The minimum Gasteiger partial charge on any atom is -0.327 e. The quantitative estimate of drug-likeness (QED) is 0.818. The van der Waals surface area contributed by atoms with Crippen LogP contribution < -0.4 is 5.73 Å². The van der Waals surface area contributed by atoms with Crippen LogP contribution in [0.2, 0.25) is 0 Å². The second kappa shape index (κ2) is 5.34. The lowest BCUT2D eigenvalue weighted by Gasteiger charge is -2.39. The van der Waals surface area contributed by atoms with E-state index in [-0.39, 0.29) is 0 Å². The Hall–Kier alpha value is -0.340. The number of halogens is 1. The standard InChI is InChI=1S/C16H22BrN/c17-14-8-4-7-13-12(14)9-10-15(18)16(13)11-5-2-1-3-6-11/h4,7-8,11,15-16H,1-3,5-6,9-10,18H2. The fourth-order valence-corrected chi connectivity index (χ4v) is 4.55. The van der Waals surface area contributed by atoms with Gasteiger partial charge in [0.25, 0.3) is 0 Å². The molecule has 0 amide bonds. The van der Waals surface area contributed by atoms with Crippen LogP contribution in [0.25, 0.3) is 0 Å². The lowest BCUT2D eigenvalue weighted by molar-refractivity contribution is 0.262. The zero-order chi connectivity index (χ0) is 12.5. The third-order valence-electron chi connectivity index (χ3n) is 4.86. The van der Waals surface area contributed by atoms with E-state index in [1.165, 1.54) is 47.7 Å². The summed E-state index contributed by atoms with van der Waals surface area (Å²) in [6, 6.07) is 7.04. The molecule has 0 bridgehead atoms. The smallest absolute Gasteiger partial charge is 0.0210 e. The molecule has 2 aliphatic carbocycles. The van der Waals surface area contributed by atoms with Crippen LogP contribution >= 0.6 is 15.9 Å². The molecule has 0 radical (unpaired) electrons. The molecule has 98 valence electrons. The van der Waals surface area contributed by atoms with Gasteiger partial charge >= 0.3 is 0 Å². The van der Waals surface area contributed by atoms with Gasteiger partial charge in [-0.05, 0) is 48.8 Å². The van der Waals surface area contributed by atoms with Crippen molar-refractivity contribution in [2.45, 2.75) is 56.9 Å². The third-order valence-corrected chi connectivity index (χ3v) is 5.60. The van der Waals surface area contributed by atoms with Gasteiger partial charge < -0.3 is 5.73 Å². The topological polar surface area (TPSA) is 26.0 Å². The summed E-state index contributed by atoms with van der Waals surface area (Å²) >= 11 is 3.71. The highest BCUT2D eigenvalue weighted by atomic mass is 79.9. The fourth-order valence-electron chi connectivity index (χ4n) is 3.97. The van der Waals surface area contributed by atoms with Crippen molar-refractivity contribution in [1.29, 1.82) is 0 Å². The molecule has 1 fully saturated rings. The predicted molar refractivity (Wildman–Crippen MR) is 79.8 cm³/mol. The number of hydrogen-bond acceptors (Lipinski definition) is 1. The number of nitrogens with two attached hydrogens (primary N) is 1. The van der Waals surface area contributed by atoms with E-state index in [2.05, 4.69) is 34.1 Å². The monoisotopic (exact) mass is 307 g/mol. The first kappa shape index (κ1) is 12.7. The Balaban J connectivity index is 1.96. The summed E-state index contributed by atoms with van der Waals surface area (Å²) in [5.41, 5.74) is 9.52. The summed E-state index contributed by atoms with van der Waals surface area (Å²) in [6.45, 7) is 0. The maximum absolute atomic E-state index is 6.46. The van der Waals surface area contributed by atoms with Crippen molar-refractivity contribution < 1.29 is 0 Å². The summed E-state index contributed by atoms with van der Waals surface area (Å²) in [4.78, 5) is 0. The van der Waals surface area contributed by atoms with Gasteiger partial charge in [-0.15, -0.1) is 0 Å². The zero-order valence-corrected chi connectivity index (χ0v) is 12.5. The van der Waals surface area contributed by atoms with Gasteiger partial charge in [0.05, 0.1) is 0 Å². The van der Waals surface area contributed by atoms with Crippen LogP contribution in [-0.4, -0.2) is 6.04 Å². The highest BCUT2D eigenvalue weighted by molar-refractivity contribution is 9.10. The highest BCUT2D eigenvalue weighted by Crippen LogP contribution is 2.43. The molecule has 1 aromatic rings. The van der Waals surface area contributed by atoms with E-state index < -0.39 is 0 Å². The SMILES string of the molecule is NC1CCc2c(Br)cccc2C1C1CCCCC1. The van der Waals surface area contributed by atoms with Gasteiger partial charge in [0.1, 0.15) is 0 Å². The molecule has 2 aliphatic rings. The molecular formula is C16H22BrN. The van der Waals surface area contributed by atoms with Gasteiger partial charge in [-0.25, -0.2) is 0 Å². The first-order valence-corrected chi connectivity index (χ1v) is 8.09. The van der Waals surface area contributed by atoms with Crippen LogP contribution in [0.1, 0.15) is 55.6 Å². The van der Waals surface area contributed by atoms with E-state index in [9.17, 15) is 0 Å². The second-order valence-corrected chi connectivity index (χ2v) is 6.79. The Labute approximate surface area is 118 Å². The predicted octanol–water partition coefficient (Wildman–Crippen LogP) is 4.39. The van der Waals surface area contributed by atoms with Crippen LogP contribution in [0.15, 0.2) is 22.7 Å². The summed E-state index contributed by atoms with van der Waals surface area (Å²) in [5.74, 6) is 1.42. The largest absolute Gasteiger partial charge is 0.327 e. The van der Waals surface area contributed by atoms with Crippen molar-refractivity contribution in [3.05, 3.63) is 33.8 Å². The molecule has 0 heterocycles. The molecule has 0 saturated heterocycles. The molecule has 1 aromatic carbocycles. The molecule has 2 heteroatoms. The number of fused-ring (bicyclic) bond motifs is 1. The van der Waals surface area contributed by atoms with Gasteiger partial charge in [-0.2, -0.15) is 0 Å². The van der Waals surface area contributed by atoms with Gasteiger partial charge in [-0.1, -0.05) is 47.3 Å². The van der Waals surface area contributed by atoms with Crippen molar-refractivity contribution in [2.24, 2.45) is 11.7 Å². The minimum atomic E-state index is 0.370. The normalized spacial score (nSPS) is 29.0. The van der Waals surface area contributed by atoms with Gasteiger partial charge in [0.2, 0.25) is 0 Å². The fraction of sp³-hybridized carbons (Fsp3) is 0.625. The van der Waals surface area contributed by atoms with Crippen molar-refractivity contribution in [1.82, 2.24) is 0 Å². The molecular weight excluding hydrogens is 286 g/mol. The molecule has 0 spiro atoms. The Kier molecular flexibility index (Phi) is 3.76. The van der Waals surface area contributed by atoms with E-state index in [1.807, 2.05) is 0 Å². The van der Waals surface area contributed by atoms with Crippen LogP contribution in [0.4, 0.5) is 0 Å². The molecule has 0 aromatic heterocycles. The van der Waals surface area contributed by atoms with Crippen molar-refractivity contribution >= 4 is 15.9 Å². The van der Waals surface area contributed by atoms with E-state index in [0.29, 0.717) is 12.0 Å². The molecule has 2 atom stereocenters. The molecule has 18 heavy (non-hydrogen) atoms. The molecule has 3 rings (SSSR count). The van der Waals surface area contributed by atoms with Gasteiger partial charge in [-0.3, -0.25) is 0 Å². The van der Waals surface area contributed by atoms with E-state index in [0.717, 1.165) is 18.8 Å². The van der Waals surface area contributed by atoms with Crippen LogP contribution in [0.3, 0.4) is 0 Å². The van der Waals surface area contributed by atoms with E-state index >= 15 is 0 Å². The van der Waals surface area contributed by atoms with Crippen molar-refractivity contribution in [3.8, 4) is 0 Å². The van der Waals surface area contributed by atoms with E-state index in [4.69, 9.17) is 5.73 Å². The Morgan fingerprint density at radius 1 is 1.06 bits per heavy atom. The second-order valence-electron chi connectivity index (χ2n) is 5.93. The highest BCUT2D eigenvalue weighted by Gasteiger charge is 2.34. The lowest BCUT2D eigenvalue weighted by Crippen LogP contribution is -2.38. The Morgan fingerprint density at radius 2 is 1.83 bits per heavy atom. The third kappa shape index (κ3) is 2.25. The average Bonchev–Trinajstić information content (AvgIpc) is 2.40. The molecule has 2 N–H and O–H groups in total. The number of rotatable bonds is 1. The first-order valence-electron chi connectivity index (χ1n) is 7.30. The van der Waals surface area contributed by atoms with Crippen molar-refractivity contribution in [2.75, 3.05) is 0 Å². The van der Waals surface area contributed by atoms with E-state index in [1.54, 1.807) is 0 Å². The summed E-state index contributed by atoms with van der Waals surface area (Å²) in [7, 11) is 0. The number of hydrogen-bond donors (Lipinski definition) is 1. The lowest BCUT2D eigenvalue weighted by atomic mass is 9.68. The zero-order valence-electron chi connectivity index (χ0n) is 10.9. The van der Waals surface area contributed by atoms with Gasteiger partial charge in [0, 0.05) is 16.4 Å². The number of benzene rings is 1. The minimum absolute atomic E-state index is 0.370. The summed E-state index contributed by atoms with van der Waals surface area (Å²) in [5, 5.41) is 0. The average molecular weight is 308 g/mol. The molecule has 1 saturated carbocycles. The Morgan fingerprint density at radius 3 is 2.61 bits per heavy atom. The van der Waals surface area contributed by atoms with Crippen LogP contribution in [-0.2, 0) is 6.42 Å². The maximum Gasteiger partial charge on any atom is 0.0210 e. The Bertz CT molecular complexity index is 423. The molecule has 1 nitrogen and oxygen atoms in total. The van der Waals surface area contributed by atoms with Gasteiger partial charge in [0.15, 0.2) is 0 Å². The van der Waals surface area contributed by atoms with Crippen molar-refractivity contribution in [3.63, 3.8) is 0 Å². The maximum atomic E-state index is 6.46. The molecule has 2 unspecified atom stereocenters. The summed E-state index contributed by atoms with van der Waals surface area (Å²) in [6.07, 6.45) is 9.27. The first-order chi connectivity index (χ1) is 8.77. The van der Waals surface area contributed by atoms with Crippen LogP contribution in [0.5, 0.6) is 0 Å². The molecule has 0 aliphatic heterocycles. The van der Waals surface area contributed by atoms with Crippen LogP contribution in [0, 0.1) is 5.92 Å². The summed E-state index contributed by atoms with van der Waals surface area (Å²) < 4.78 is 1.28.